The molecule has 0 aromatic rings. The van der Waals surface area contributed by atoms with Crippen LogP contribution < -0.4 is 0 Å². The Hall–Kier alpha value is -0.610. The lowest BCUT2D eigenvalue weighted by Crippen LogP contribution is -2.38. The van der Waals surface area contributed by atoms with Crippen molar-refractivity contribution in [3.05, 3.63) is 0 Å². The molecule has 1 unspecified atom stereocenters. The van der Waals surface area contributed by atoms with Crippen molar-refractivity contribution in [3.63, 3.8) is 0 Å². The molecule has 0 aromatic carbocycles. The smallest absolute Gasteiger partial charge is 0.335 e. The summed E-state index contributed by atoms with van der Waals surface area (Å²) in [5.41, 5.74) is -1.08. The third-order valence-corrected chi connectivity index (χ3v) is 2.42. The molecular weight excluding hydrogens is 196 g/mol. The lowest BCUT2D eigenvalue weighted by molar-refractivity contribution is -0.165. The van der Waals surface area contributed by atoms with Crippen LogP contribution in [0.2, 0.25) is 0 Å². The van der Waals surface area contributed by atoms with Crippen molar-refractivity contribution >= 4 is 5.97 Å². The fourth-order valence-electron chi connectivity index (χ4n) is 0.989. The average Bonchev–Trinajstić information content (AvgIpc) is 2.22. The van der Waals surface area contributed by atoms with Gasteiger partial charge >= 0.3 is 5.97 Å². The van der Waals surface area contributed by atoms with Crippen LogP contribution in [0, 0.1) is 0 Å². The number of carbonyl (C=O) groups is 1. The number of ether oxygens (including phenoxy) is 2. The summed E-state index contributed by atoms with van der Waals surface area (Å²) in [4.78, 5) is 10.9. The minimum absolute atomic E-state index is 0.334. The Labute approximate surface area is 91.6 Å². The van der Waals surface area contributed by atoms with Crippen LogP contribution in [0.25, 0.3) is 0 Å². The molecule has 0 saturated heterocycles. The van der Waals surface area contributed by atoms with Gasteiger partial charge < -0.3 is 14.6 Å². The first-order valence-corrected chi connectivity index (χ1v) is 5.52. The topological polar surface area (TPSA) is 55.8 Å². The molecule has 0 aromatic heterocycles. The maximum Gasteiger partial charge on any atom is 0.335 e. The van der Waals surface area contributed by atoms with E-state index in [0.29, 0.717) is 19.6 Å². The summed E-state index contributed by atoms with van der Waals surface area (Å²) in [6, 6.07) is 0. The first kappa shape index (κ1) is 14.4. The summed E-state index contributed by atoms with van der Waals surface area (Å²) in [6.07, 6.45) is 2.59. The molecule has 4 heteroatoms. The van der Waals surface area contributed by atoms with Gasteiger partial charge in [0.15, 0.2) is 5.60 Å². The van der Waals surface area contributed by atoms with Gasteiger partial charge in [0.1, 0.15) is 0 Å². The van der Waals surface area contributed by atoms with E-state index in [1.165, 1.54) is 0 Å². The van der Waals surface area contributed by atoms with E-state index in [1.54, 1.807) is 13.8 Å². The van der Waals surface area contributed by atoms with Gasteiger partial charge in [-0.05, 0) is 19.8 Å². The first-order valence-electron chi connectivity index (χ1n) is 5.52. The summed E-state index contributed by atoms with van der Waals surface area (Å²) >= 11 is 0. The highest BCUT2D eigenvalue weighted by molar-refractivity contribution is 5.76. The standard InChI is InChI=1S/C11H22O4/c1-4-6-7-14-8-9-15-11(3,5-2)10(12)13/h4-9H2,1-3H3,(H,12,13). The second-order valence-corrected chi connectivity index (χ2v) is 3.70. The summed E-state index contributed by atoms with van der Waals surface area (Å²) in [5, 5.41) is 8.91. The Morgan fingerprint density at radius 2 is 1.93 bits per heavy atom. The van der Waals surface area contributed by atoms with Crippen LogP contribution in [0.5, 0.6) is 0 Å². The molecule has 0 rings (SSSR count). The van der Waals surface area contributed by atoms with Crippen LogP contribution >= 0.6 is 0 Å². The fourth-order valence-corrected chi connectivity index (χ4v) is 0.989. The lowest BCUT2D eigenvalue weighted by atomic mass is 10.0. The van der Waals surface area contributed by atoms with Crippen LogP contribution in [0.4, 0.5) is 0 Å². The maximum atomic E-state index is 10.9. The van der Waals surface area contributed by atoms with E-state index >= 15 is 0 Å². The van der Waals surface area contributed by atoms with Crippen molar-refractivity contribution in [1.82, 2.24) is 0 Å². The predicted molar refractivity (Wildman–Crippen MR) is 58.0 cm³/mol. The van der Waals surface area contributed by atoms with Gasteiger partial charge in [-0.3, -0.25) is 0 Å². The molecule has 4 nitrogen and oxygen atoms in total. The van der Waals surface area contributed by atoms with Crippen molar-refractivity contribution in [2.24, 2.45) is 0 Å². The minimum atomic E-state index is -1.08. The van der Waals surface area contributed by atoms with E-state index in [1.807, 2.05) is 0 Å². The normalized spacial score (nSPS) is 14.9. The first-order chi connectivity index (χ1) is 7.06. The Kier molecular flexibility index (Phi) is 7.34. The molecule has 0 heterocycles. The number of unbranched alkanes of at least 4 members (excludes halogenated alkanes) is 1. The molecule has 0 spiro atoms. The Bertz CT molecular complexity index is 181. The summed E-state index contributed by atoms with van der Waals surface area (Å²) in [7, 11) is 0. The zero-order chi connectivity index (χ0) is 11.7. The molecular formula is C11H22O4. The molecule has 90 valence electrons. The number of carboxylic acid groups (broad SMARTS) is 1. The SMILES string of the molecule is CCCCOCCOC(C)(CC)C(=O)O. The molecule has 1 N–H and O–H groups in total. The van der Waals surface area contributed by atoms with E-state index in [4.69, 9.17) is 14.6 Å². The largest absolute Gasteiger partial charge is 0.479 e. The van der Waals surface area contributed by atoms with Gasteiger partial charge in [-0.15, -0.1) is 0 Å². The predicted octanol–water partition coefficient (Wildman–Crippen LogP) is 2.07. The molecule has 0 aliphatic heterocycles. The molecule has 0 saturated carbocycles. The maximum absolute atomic E-state index is 10.9. The van der Waals surface area contributed by atoms with Gasteiger partial charge in [0.2, 0.25) is 0 Å². The summed E-state index contributed by atoms with van der Waals surface area (Å²) < 4.78 is 10.6. The van der Waals surface area contributed by atoms with Crippen molar-refractivity contribution in [3.8, 4) is 0 Å². The second-order valence-electron chi connectivity index (χ2n) is 3.70. The van der Waals surface area contributed by atoms with Gasteiger partial charge in [-0.2, -0.15) is 0 Å². The second kappa shape index (κ2) is 7.65. The highest BCUT2D eigenvalue weighted by Gasteiger charge is 2.31. The molecule has 0 radical (unpaired) electrons. The van der Waals surface area contributed by atoms with Crippen LogP contribution in [-0.2, 0) is 14.3 Å². The lowest BCUT2D eigenvalue weighted by Gasteiger charge is -2.23. The van der Waals surface area contributed by atoms with E-state index in [9.17, 15) is 4.79 Å². The van der Waals surface area contributed by atoms with Gasteiger partial charge in [-0.25, -0.2) is 4.79 Å². The van der Waals surface area contributed by atoms with Gasteiger partial charge in [0.25, 0.3) is 0 Å². The molecule has 0 fully saturated rings. The Balaban J connectivity index is 3.60. The summed E-state index contributed by atoms with van der Waals surface area (Å²) in [6.45, 7) is 6.99. The van der Waals surface area contributed by atoms with Gasteiger partial charge in [0, 0.05) is 6.61 Å². The Morgan fingerprint density at radius 3 is 2.40 bits per heavy atom. The Morgan fingerprint density at radius 1 is 1.27 bits per heavy atom. The van der Waals surface area contributed by atoms with Gasteiger partial charge in [0.05, 0.1) is 13.2 Å². The quantitative estimate of drug-likeness (QED) is 0.602. The highest BCUT2D eigenvalue weighted by Crippen LogP contribution is 2.14. The molecule has 0 amide bonds. The summed E-state index contributed by atoms with van der Waals surface area (Å²) in [5.74, 6) is -0.918. The minimum Gasteiger partial charge on any atom is -0.479 e. The molecule has 15 heavy (non-hydrogen) atoms. The van der Waals surface area contributed by atoms with Crippen molar-refractivity contribution in [1.29, 1.82) is 0 Å². The fraction of sp³-hybridized carbons (Fsp3) is 0.909. The van der Waals surface area contributed by atoms with E-state index in [0.717, 1.165) is 19.4 Å². The molecule has 0 bridgehead atoms. The molecule has 0 aliphatic rings. The third kappa shape index (κ3) is 5.74. The van der Waals surface area contributed by atoms with Crippen molar-refractivity contribution in [2.45, 2.75) is 45.6 Å². The van der Waals surface area contributed by atoms with Crippen molar-refractivity contribution in [2.75, 3.05) is 19.8 Å². The molecule has 0 aliphatic carbocycles. The number of carboxylic acids is 1. The number of rotatable bonds is 9. The monoisotopic (exact) mass is 218 g/mol. The molecule has 1 atom stereocenters. The third-order valence-electron chi connectivity index (χ3n) is 2.42. The highest BCUT2D eigenvalue weighted by atomic mass is 16.6. The number of hydrogen-bond acceptors (Lipinski definition) is 3. The van der Waals surface area contributed by atoms with Gasteiger partial charge in [-0.1, -0.05) is 20.3 Å². The zero-order valence-electron chi connectivity index (χ0n) is 9.91. The van der Waals surface area contributed by atoms with Crippen molar-refractivity contribution < 1.29 is 19.4 Å². The number of aliphatic carboxylic acids is 1. The van der Waals surface area contributed by atoms with Crippen LogP contribution in [0.15, 0.2) is 0 Å². The average molecular weight is 218 g/mol. The van der Waals surface area contributed by atoms with E-state index in [2.05, 4.69) is 6.92 Å². The zero-order valence-corrected chi connectivity index (χ0v) is 9.91. The number of hydrogen-bond donors (Lipinski definition) is 1. The van der Waals surface area contributed by atoms with Crippen LogP contribution in [-0.4, -0.2) is 36.5 Å². The van der Waals surface area contributed by atoms with E-state index in [-0.39, 0.29) is 0 Å². The van der Waals surface area contributed by atoms with Crippen LogP contribution in [0.1, 0.15) is 40.0 Å². The van der Waals surface area contributed by atoms with Crippen LogP contribution in [0.3, 0.4) is 0 Å². The van der Waals surface area contributed by atoms with E-state index < -0.39 is 11.6 Å².